The van der Waals surface area contributed by atoms with Crippen molar-refractivity contribution < 1.29 is 0 Å². The van der Waals surface area contributed by atoms with Crippen LogP contribution in [-0.2, 0) is 6.42 Å². The highest BCUT2D eigenvalue weighted by Gasteiger charge is 2.13. The predicted molar refractivity (Wildman–Crippen MR) is 148 cm³/mol. The van der Waals surface area contributed by atoms with Gasteiger partial charge in [0.25, 0.3) is 0 Å². The van der Waals surface area contributed by atoms with Gasteiger partial charge in [0, 0.05) is 12.1 Å². The molecule has 1 heteroatoms. The molecule has 4 rings (SSSR count). The highest BCUT2D eigenvalue weighted by Crippen LogP contribution is 2.27. The Hall–Kier alpha value is -2.41. The lowest BCUT2D eigenvalue weighted by Gasteiger charge is -2.02. The van der Waals surface area contributed by atoms with Crippen molar-refractivity contribution in [3.63, 3.8) is 0 Å². The average Bonchev–Trinajstić information content (AvgIpc) is 3.24. The fourth-order valence-corrected chi connectivity index (χ4v) is 2.92. The van der Waals surface area contributed by atoms with E-state index in [1.807, 2.05) is 27.7 Å². The van der Waals surface area contributed by atoms with Crippen LogP contribution < -0.4 is 0 Å². The molecule has 0 N–H and O–H groups in total. The van der Waals surface area contributed by atoms with Gasteiger partial charge in [0.15, 0.2) is 0 Å². The molecule has 176 valence electrons. The smallest absolute Gasteiger partial charge is 0.0664 e. The number of para-hydroxylation sites is 1. The van der Waals surface area contributed by atoms with Crippen LogP contribution in [0.3, 0.4) is 0 Å². The maximum atomic E-state index is 4.61. The lowest BCUT2D eigenvalue weighted by atomic mass is 10.0. The zero-order valence-corrected chi connectivity index (χ0v) is 22.2. The first-order chi connectivity index (χ1) is 15.5. The molecule has 0 radical (unpaired) electrons. The van der Waals surface area contributed by atoms with Crippen LogP contribution in [0.1, 0.15) is 80.7 Å². The third-order valence-corrected chi connectivity index (χ3v) is 4.78. The number of rotatable bonds is 3. The van der Waals surface area contributed by atoms with E-state index in [0.717, 1.165) is 18.8 Å². The van der Waals surface area contributed by atoms with Gasteiger partial charge in [-0.1, -0.05) is 135 Å². The van der Waals surface area contributed by atoms with E-state index in [1.165, 1.54) is 34.2 Å². The fourth-order valence-electron chi connectivity index (χ4n) is 2.92. The summed E-state index contributed by atoms with van der Waals surface area (Å²) in [5, 5.41) is 2.62. The van der Waals surface area contributed by atoms with Gasteiger partial charge in [-0.25, -0.2) is 0 Å². The van der Waals surface area contributed by atoms with E-state index >= 15 is 0 Å². The molecule has 0 bridgehead atoms. The quantitative estimate of drug-likeness (QED) is 0.389. The Morgan fingerprint density at radius 3 is 1.44 bits per heavy atom. The van der Waals surface area contributed by atoms with Crippen molar-refractivity contribution in [1.29, 1.82) is 0 Å². The molecule has 0 spiro atoms. The summed E-state index contributed by atoms with van der Waals surface area (Å²) in [5.74, 6) is 1.60. The third-order valence-electron chi connectivity index (χ3n) is 4.78. The van der Waals surface area contributed by atoms with Crippen LogP contribution in [0.25, 0.3) is 10.8 Å². The Balaban J connectivity index is 0.000000450. The number of fused-ring (bicyclic) bond motifs is 2. The lowest BCUT2D eigenvalue weighted by molar-refractivity contribution is 0.626. The fraction of sp³-hybridized carbons (Fsp3) is 0.452. The Labute approximate surface area is 199 Å². The molecular formula is C31H47N. The van der Waals surface area contributed by atoms with Crippen molar-refractivity contribution in [2.24, 2.45) is 16.8 Å². The van der Waals surface area contributed by atoms with Gasteiger partial charge < -0.3 is 0 Å². The molecule has 0 amide bonds. The minimum atomic E-state index is 0.716. The van der Waals surface area contributed by atoms with E-state index in [-0.39, 0.29) is 0 Å². The second-order valence-corrected chi connectivity index (χ2v) is 8.23. The molecule has 1 aliphatic rings. The predicted octanol–water partition coefficient (Wildman–Crippen LogP) is 10.3. The van der Waals surface area contributed by atoms with E-state index in [4.69, 9.17) is 0 Å². The topological polar surface area (TPSA) is 12.4 Å². The van der Waals surface area contributed by atoms with Crippen LogP contribution in [0.2, 0.25) is 0 Å². The van der Waals surface area contributed by atoms with Crippen LogP contribution in [0.15, 0.2) is 77.8 Å². The summed E-state index contributed by atoms with van der Waals surface area (Å²) in [4.78, 5) is 4.61. The van der Waals surface area contributed by atoms with Crippen LogP contribution in [0, 0.1) is 11.8 Å². The molecule has 0 unspecified atom stereocenters. The third kappa shape index (κ3) is 11.8. The van der Waals surface area contributed by atoms with E-state index in [0.29, 0.717) is 5.92 Å². The van der Waals surface area contributed by atoms with Crippen molar-refractivity contribution >= 4 is 22.2 Å². The Kier molecular flexibility index (Phi) is 16.8. The molecular weight excluding hydrogens is 386 g/mol. The molecule has 0 aromatic heterocycles. The van der Waals surface area contributed by atoms with Gasteiger partial charge in [0.1, 0.15) is 0 Å². The van der Waals surface area contributed by atoms with Crippen molar-refractivity contribution in [2.75, 3.05) is 0 Å². The van der Waals surface area contributed by atoms with E-state index in [2.05, 4.69) is 112 Å². The van der Waals surface area contributed by atoms with Crippen molar-refractivity contribution in [2.45, 2.75) is 81.6 Å². The van der Waals surface area contributed by atoms with Gasteiger partial charge in [0.05, 0.1) is 5.69 Å². The highest BCUT2D eigenvalue weighted by atomic mass is 14.8. The lowest BCUT2D eigenvalue weighted by Crippen LogP contribution is -2.02. The second kappa shape index (κ2) is 18.2. The largest absolute Gasteiger partial charge is 0.257 e. The molecule has 3 aromatic rings. The molecule has 32 heavy (non-hydrogen) atoms. The van der Waals surface area contributed by atoms with E-state index in [9.17, 15) is 0 Å². The number of aliphatic imine (C=N–C) groups is 1. The zero-order chi connectivity index (χ0) is 24.4. The molecule has 0 saturated carbocycles. The van der Waals surface area contributed by atoms with Crippen molar-refractivity contribution in [3.05, 3.63) is 78.4 Å². The summed E-state index contributed by atoms with van der Waals surface area (Å²) in [6.07, 6.45) is 3.50. The van der Waals surface area contributed by atoms with Gasteiger partial charge in [-0.15, -0.1) is 0 Å². The Morgan fingerprint density at radius 1 is 0.656 bits per heavy atom. The van der Waals surface area contributed by atoms with Crippen LogP contribution in [-0.4, -0.2) is 5.71 Å². The molecule has 0 aliphatic carbocycles. The molecule has 3 aromatic carbocycles. The molecule has 1 nitrogen and oxygen atoms in total. The second-order valence-electron chi connectivity index (χ2n) is 8.23. The number of hydrogen-bond donors (Lipinski definition) is 0. The maximum Gasteiger partial charge on any atom is 0.0664 e. The molecule has 0 saturated heterocycles. The number of benzene rings is 3. The molecule has 1 heterocycles. The summed E-state index contributed by atoms with van der Waals surface area (Å²) in [7, 11) is 0. The summed E-state index contributed by atoms with van der Waals surface area (Å²) < 4.78 is 0. The van der Waals surface area contributed by atoms with Crippen LogP contribution >= 0.6 is 0 Å². The molecule has 0 atom stereocenters. The van der Waals surface area contributed by atoms with Gasteiger partial charge in [-0.3, -0.25) is 4.99 Å². The SMILES string of the molecule is CC.CC.CC(C)CC1=Nc2ccccc2C1.CCC(C)C.c1ccc2ccccc2c1. The van der Waals surface area contributed by atoms with Crippen molar-refractivity contribution in [1.82, 2.24) is 0 Å². The first-order valence-corrected chi connectivity index (χ1v) is 12.6. The normalized spacial score (nSPS) is 10.9. The summed E-state index contributed by atoms with van der Waals surface area (Å²) in [5.41, 5.74) is 3.91. The standard InChI is InChI=1S/C12H15N.C10H8.C5H12.2C2H6/c1-9(2)7-11-8-10-5-3-4-6-12(10)13-11;1-2-6-10-8-4-3-7-9(10)5-1;1-4-5(2)3;2*1-2/h3-6,9H,7-8H2,1-2H3;1-8H;5H,4H2,1-3H3;2*1-2H3. The maximum absolute atomic E-state index is 4.61. The van der Waals surface area contributed by atoms with E-state index in [1.54, 1.807) is 0 Å². The zero-order valence-electron chi connectivity index (χ0n) is 22.2. The molecule has 0 fully saturated rings. The van der Waals surface area contributed by atoms with Gasteiger partial charge >= 0.3 is 0 Å². The van der Waals surface area contributed by atoms with Gasteiger partial charge in [-0.05, 0) is 40.7 Å². The first kappa shape index (κ1) is 29.6. The van der Waals surface area contributed by atoms with Gasteiger partial charge in [-0.2, -0.15) is 0 Å². The van der Waals surface area contributed by atoms with Crippen LogP contribution in [0.5, 0.6) is 0 Å². The van der Waals surface area contributed by atoms with Crippen LogP contribution in [0.4, 0.5) is 5.69 Å². The number of hydrogen-bond acceptors (Lipinski definition) is 1. The minimum Gasteiger partial charge on any atom is -0.257 e. The monoisotopic (exact) mass is 433 g/mol. The average molecular weight is 434 g/mol. The Bertz CT molecular complexity index is 809. The summed E-state index contributed by atoms with van der Waals surface area (Å²) in [6, 6.07) is 25.1. The minimum absolute atomic E-state index is 0.716. The highest BCUT2D eigenvalue weighted by molar-refractivity contribution is 5.94. The molecule has 1 aliphatic heterocycles. The summed E-state index contributed by atoms with van der Waals surface area (Å²) >= 11 is 0. The Morgan fingerprint density at radius 2 is 1.06 bits per heavy atom. The summed E-state index contributed by atoms with van der Waals surface area (Å²) in [6.45, 7) is 19.1. The van der Waals surface area contributed by atoms with Gasteiger partial charge in [0.2, 0.25) is 0 Å². The van der Waals surface area contributed by atoms with E-state index < -0.39 is 0 Å². The van der Waals surface area contributed by atoms with Crippen molar-refractivity contribution in [3.8, 4) is 0 Å². The first-order valence-electron chi connectivity index (χ1n) is 12.6. The number of nitrogens with zero attached hydrogens (tertiary/aromatic N) is 1.